The van der Waals surface area contributed by atoms with Crippen molar-refractivity contribution in [2.45, 2.75) is 62.9 Å². The van der Waals surface area contributed by atoms with Crippen molar-refractivity contribution in [1.29, 1.82) is 0 Å². The Hall–Kier alpha value is -3.38. The minimum Gasteiger partial charge on any atom is -0.497 e. The zero-order valence-electron chi connectivity index (χ0n) is 22.0. The Morgan fingerprint density at radius 2 is 1.60 bits per heavy atom. The van der Waals surface area contributed by atoms with E-state index in [1.807, 2.05) is 0 Å². The van der Waals surface area contributed by atoms with Crippen LogP contribution in [0.25, 0.3) is 0 Å². The first-order valence-electron chi connectivity index (χ1n) is 13.1. The van der Waals surface area contributed by atoms with Gasteiger partial charge in [0.2, 0.25) is 5.91 Å². The molecule has 218 valence electrons. The monoisotopic (exact) mass is 568 g/mol. The molecule has 2 aliphatic heterocycles. The van der Waals surface area contributed by atoms with E-state index in [0.717, 1.165) is 38.1 Å². The number of aliphatic hydroxyl groups is 1. The Morgan fingerprint density at radius 3 is 2.25 bits per heavy atom. The highest BCUT2D eigenvalue weighted by molar-refractivity contribution is 5.96. The molecule has 4 rings (SSSR count). The van der Waals surface area contributed by atoms with Crippen LogP contribution in [0, 0.1) is 0 Å². The number of Topliss-reactive ketones (excluding diaryl/α,β-unsaturated/α-hetero) is 1. The third kappa shape index (κ3) is 7.03. The number of ketones is 1. The van der Waals surface area contributed by atoms with Gasteiger partial charge in [-0.2, -0.15) is 17.6 Å². The number of nitrogens with zero attached hydrogens (tertiary/aromatic N) is 1. The Morgan fingerprint density at radius 1 is 0.975 bits per heavy atom. The number of methoxy groups -OCH3 is 1. The van der Waals surface area contributed by atoms with E-state index < -0.39 is 35.9 Å². The van der Waals surface area contributed by atoms with Gasteiger partial charge in [0.25, 0.3) is 0 Å². The largest absolute Gasteiger partial charge is 0.507 e. The quantitative estimate of drug-likeness (QED) is 0.218. The van der Waals surface area contributed by atoms with E-state index in [4.69, 9.17) is 4.74 Å². The number of rotatable bonds is 12. The van der Waals surface area contributed by atoms with E-state index in [9.17, 15) is 32.3 Å². The van der Waals surface area contributed by atoms with Gasteiger partial charge in [-0.15, -0.1) is 0 Å². The highest BCUT2D eigenvalue weighted by atomic mass is 19.3. The van der Waals surface area contributed by atoms with Gasteiger partial charge in [-0.3, -0.25) is 9.59 Å². The molecule has 0 aliphatic carbocycles. The number of carbonyl (C=O) groups excluding carboxylic acids is 2. The molecule has 0 bridgehead atoms. The Bertz CT molecular complexity index is 1190. The van der Waals surface area contributed by atoms with Gasteiger partial charge >= 0.3 is 12.2 Å². The second-order valence-corrected chi connectivity index (χ2v) is 9.93. The molecule has 0 aromatic heterocycles. The SMILES string of the molecule is COc1ccc(C(=O)CCCCC(=O)NC(CN2CCCC2)C(O)c2ccc3c(c2)OC(F)(F)C(F)(F)O3)cc1. The maximum atomic E-state index is 13.7. The summed E-state index contributed by atoms with van der Waals surface area (Å²) in [5, 5.41) is 13.9. The Balaban J connectivity index is 1.35. The number of hydrogen-bond donors (Lipinski definition) is 2. The summed E-state index contributed by atoms with van der Waals surface area (Å²) in [6.07, 6.45) is -7.84. The molecule has 1 fully saturated rings. The second kappa shape index (κ2) is 12.4. The van der Waals surface area contributed by atoms with E-state index in [1.54, 1.807) is 24.3 Å². The minimum atomic E-state index is -4.89. The maximum absolute atomic E-state index is 13.7. The number of ether oxygens (including phenoxy) is 3. The van der Waals surface area contributed by atoms with Crippen molar-refractivity contribution in [2.75, 3.05) is 26.7 Å². The molecule has 40 heavy (non-hydrogen) atoms. The van der Waals surface area contributed by atoms with Gasteiger partial charge in [-0.05, 0) is 80.7 Å². The molecular weight excluding hydrogens is 536 g/mol. The molecule has 2 aromatic carbocycles. The molecule has 2 aliphatic rings. The average Bonchev–Trinajstić information content (AvgIpc) is 3.43. The van der Waals surface area contributed by atoms with Gasteiger partial charge in [0.05, 0.1) is 13.2 Å². The lowest BCUT2D eigenvalue weighted by Gasteiger charge is -2.33. The highest BCUT2D eigenvalue weighted by Crippen LogP contribution is 2.47. The molecule has 1 amide bonds. The Kier molecular flexibility index (Phi) is 9.19. The molecule has 2 heterocycles. The van der Waals surface area contributed by atoms with Crippen LogP contribution in [-0.4, -0.2) is 66.7 Å². The number of nitrogens with one attached hydrogen (secondary N) is 1. The van der Waals surface area contributed by atoms with Gasteiger partial charge in [0, 0.05) is 24.9 Å². The lowest BCUT2D eigenvalue weighted by atomic mass is 10.00. The molecule has 0 saturated carbocycles. The molecule has 2 unspecified atom stereocenters. The standard InChI is InChI=1S/C28H32F4N2O6/c1-38-20-11-8-18(9-12-20)22(35)6-2-3-7-25(36)33-21(17-34-14-4-5-15-34)26(37)19-10-13-23-24(16-19)40-28(31,32)27(29,30)39-23/h8-13,16,21,26,37H,2-7,14-15,17H2,1H3,(H,33,36). The minimum absolute atomic E-state index is 0.0488. The predicted molar refractivity (Wildman–Crippen MR) is 136 cm³/mol. The first kappa shape index (κ1) is 29.6. The fraction of sp³-hybridized carbons (Fsp3) is 0.500. The average molecular weight is 569 g/mol. The summed E-state index contributed by atoms with van der Waals surface area (Å²) in [6, 6.07) is 9.26. The van der Waals surface area contributed by atoms with E-state index in [2.05, 4.69) is 19.7 Å². The van der Waals surface area contributed by atoms with Crippen LogP contribution in [-0.2, 0) is 4.79 Å². The van der Waals surface area contributed by atoms with Crippen LogP contribution in [0.2, 0.25) is 0 Å². The van der Waals surface area contributed by atoms with Gasteiger partial charge in [0.15, 0.2) is 17.3 Å². The zero-order valence-corrected chi connectivity index (χ0v) is 22.0. The predicted octanol–water partition coefficient (Wildman–Crippen LogP) is 4.71. The number of carbonyl (C=O) groups is 2. The third-order valence-electron chi connectivity index (χ3n) is 6.98. The molecule has 0 spiro atoms. The van der Waals surface area contributed by atoms with Crippen LogP contribution in [0.3, 0.4) is 0 Å². The zero-order chi connectivity index (χ0) is 28.9. The molecule has 2 aromatic rings. The number of likely N-dealkylation sites (tertiary alicyclic amines) is 1. The van der Waals surface area contributed by atoms with Crippen molar-refractivity contribution < 1.29 is 46.5 Å². The van der Waals surface area contributed by atoms with Crippen LogP contribution in [0.15, 0.2) is 42.5 Å². The summed E-state index contributed by atoms with van der Waals surface area (Å²) in [4.78, 5) is 27.2. The summed E-state index contributed by atoms with van der Waals surface area (Å²) in [5.41, 5.74) is 0.651. The number of hydrogen-bond acceptors (Lipinski definition) is 7. The number of unbranched alkanes of at least 4 members (excludes halogenated alkanes) is 1. The molecule has 1 saturated heterocycles. The molecule has 0 radical (unpaired) electrons. The molecule has 12 heteroatoms. The number of aliphatic hydroxyl groups excluding tert-OH is 1. The fourth-order valence-electron chi connectivity index (χ4n) is 4.74. The number of fused-ring (bicyclic) bond motifs is 1. The smallest absolute Gasteiger partial charge is 0.497 e. The first-order valence-corrected chi connectivity index (χ1v) is 13.1. The summed E-state index contributed by atoms with van der Waals surface area (Å²) in [7, 11) is 1.54. The van der Waals surface area contributed by atoms with Crippen LogP contribution in [0.5, 0.6) is 17.2 Å². The summed E-state index contributed by atoms with van der Waals surface area (Å²) in [5.74, 6) is -0.970. The molecule has 2 N–H and O–H groups in total. The van der Waals surface area contributed by atoms with Crippen molar-refractivity contribution in [3.05, 3.63) is 53.6 Å². The first-order chi connectivity index (χ1) is 19.0. The summed E-state index contributed by atoms with van der Waals surface area (Å²) in [6.45, 7) is 1.84. The van der Waals surface area contributed by atoms with Gasteiger partial charge in [0.1, 0.15) is 11.9 Å². The van der Waals surface area contributed by atoms with Crippen molar-refractivity contribution in [2.24, 2.45) is 0 Å². The van der Waals surface area contributed by atoms with Crippen LogP contribution >= 0.6 is 0 Å². The lowest BCUT2D eigenvalue weighted by Crippen LogP contribution is -2.52. The van der Waals surface area contributed by atoms with E-state index in [0.29, 0.717) is 30.7 Å². The highest BCUT2D eigenvalue weighted by Gasteiger charge is 2.66. The van der Waals surface area contributed by atoms with Crippen LogP contribution in [0.1, 0.15) is 60.6 Å². The second-order valence-electron chi connectivity index (χ2n) is 9.93. The number of alkyl halides is 4. The Labute approximate surface area is 229 Å². The van der Waals surface area contributed by atoms with E-state index in [-0.39, 0.29) is 30.1 Å². The third-order valence-corrected chi connectivity index (χ3v) is 6.98. The van der Waals surface area contributed by atoms with Gasteiger partial charge < -0.3 is 29.5 Å². The molecule has 2 atom stereocenters. The van der Waals surface area contributed by atoms with E-state index >= 15 is 0 Å². The van der Waals surface area contributed by atoms with E-state index in [1.165, 1.54) is 13.2 Å². The fourth-order valence-corrected chi connectivity index (χ4v) is 4.74. The van der Waals surface area contributed by atoms with Crippen molar-refractivity contribution in [1.82, 2.24) is 10.2 Å². The summed E-state index contributed by atoms with van der Waals surface area (Å²) >= 11 is 0. The normalized spacial score (nSPS) is 19.1. The summed E-state index contributed by atoms with van der Waals surface area (Å²) < 4.78 is 67.7. The number of amides is 1. The maximum Gasteiger partial charge on any atom is 0.507 e. The van der Waals surface area contributed by atoms with Crippen LogP contribution in [0.4, 0.5) is 17.6 Å². The molecule has 8 nitrogen and oxygen atoms in total. The van der Waals surface area contributed by atoms with Crippen LogP contribution < -0.4 is 19.5 Å². The van der Waals surface area contributed by atoms with Crippen molar-refractivity contribution in [3.63, 3.8) is 0 Å². The van der Waals surface area contributed by atoms with Crippen molar-refractivity contribution >= 4 is 11.7 Å². The number of benzene rings is 2. The molecular formula is C28H32F4N2O6. The van der Waals surface area contributed by atoms with Crippen molar-refractivity contribution in [3.8, 4) is 17.2 Å². The van der Waals surface area contributed by atoms with Gasteiger partial charge in [-0.25, -0.2) is 0 Å². The topological polar surface area (TPSA) is 97.3 Å². The lowest BCUT2D eigenvalue weighted by molar-refractivity contribution is -0.391. The number of halogens is 4. The van der Waals surface area contributed by atoms with Gasteiger partial charge in [-0.1, -0.05) is 6.07 Å².